The summed E-state index contributed by atoms with van der Waals surface area (Å²) in [5, 5.41) is 25.6. The van der Waals surface area contributed by atoms with Crippen molar-refractivity contribution in [2.45, 2.75) is 38.8 Å². The summed E-state index contributed by atoms with van der Waals surface area (Å²) >= 11 is 0. The number of aliphatic hydroxyl groups excluding tert-OH is 1. The second-order valence-corrected chi connectivity index (χ2v) is 6.88. The van der Waals surface area contributed by atoms with Gasteiger partial charge in [0.2, 0.25) is 5.95 Å². The van der Waals surface area contributed by atoms with Crippen LogP contribution in [0.4, 0.5) is 11.8 Å². The predicted molar refractivity (Wildman–Crippen MR) is 95.0 cm³/mol. The highest BCUT2D eigenvalue weighted by atomic mass is 16.3. The van der Waals surface area contributed by atoms with E-state index >= 15 is 0 Å². The summed E-state index contributed by atoms with van der Waals surface area (Å²) in [6.45, 7) is 4.67. The summed E-state index contributed by atoms with van der Waals surface area (Å²) in [5.74, 6) is 0.981. The molecule has 2 aromatic rings. The Balaban J connectivity index is 1.65. The monoisotopic (exact) mass is 338 g/mol. The SMILES string of the molecule is CC1(C)C(O)C[C@H]1Nc1nc(NCCc2cccnc2)ncc1C#N. The first kappa shape index (κ1) is 17.1. The van der Waals surface area contributed by atoms with Gasteiger partial charge in [-0.25, -0.2) is 4.98 Å². The van der Waals surface area contributed by atoms with Crippen molar-refractivity contribution < 1.29 is 5.11 Å². The van der Waals surface area contributed by atoms with E-state index < -0.39 is 0 Å². The summed E-state index contributed by atoms with van der Waals surface area (Å²) in [6.07, 6.45) is 6.21. The van der Waals surface area contributed by atoms with Gasteiger partial charge in [0.25, 0.3) is 0 Å². The molecule has 3 rings (SSSR count). The minimum absolute atomic E-state index is 0.0766. The molecule has 0 amide bonds. The molecule has 2 aromatic heterocycles. The molecule has 7 heteroatoms. The highest BCUT2D eigenvalue weighted by molar-refractivity contribution is 5.54. The largest absolute Gasteiger partial charge is 0.392 e. The van der Waals surface area contributed by atoms with Crippen molar-refractivity contribution >= 4 is 11.8 Å². The molecule has 0 aliphatic heterocycles. The van der Waals surface area contributed by atoms with Crippen LogP contribution in [0.1, 0.15) is 31.4 Å². The fraction of sp³-hybridized carbons (Fsp3) is 0.444. The molecule has 2 atom stereocenters. The lowest BCUT2D eigenvalue weighted by Crippen LogP contribution is -2.57. The summed E-state index contributed by atoms with van der Waals surface area (Å²) in [5.41, 5.74) is 1.29. The molecule has 0 aromatic carbocycles. The number of aliphatic hydroxyl groups is 1. The van der Waals surface area contributed by atoms with Gasteiger partial charge in [0, 0.05) is 30.4 Å². The number of nitrogens with zero attached hydrogens (tertiary/aromatic N) is 4. The molecule has 7 nitrogen and oxygen atoms in total. The maximum absolute atomic E-state index is 9.87. The fourth-order valence-electron chi connectivity index (χ4n) is 2.84. The second kappa shape index (κ2) is 7.03. The highest BCUT2D eigenvalue weighted by Gasteiger charge is 2.47. The van der Waals surface area contributed by atoms with E-state index in [1.165, 1.54) is 6.20 Å². The van der Waals surface area contributed by atoms with E-state index in [1.54, 1.807) is 6.20 Å². The topological polar surface area (TPSA) is 107 Å². The molecule has 0 saturated heterocycles. The third-order valence-corrected chi connectivity index (χ3v) is 4.86. The Morgan fingerprint density at radius 1 is 1.40 bits per heavy atom. The van der Waals surface area contributed by atoms with Gasteiger partial charge in [0.1, 0.15) is 17.5 Å². The first-order valence-electron chi connectivity index (χ1n) is 8.35. The number of aromatic nitrogens is 3. The van der Waals surface area contributed by atoms with Crippen LogP contribution in [0.3, 0.4) is 0 Å². The Hall–Kier alpha value is -2.72. The number of hydrogen-bond acceptors (Lipinski definition) is 7. The van der Waals surface area contributed by atoms with Gasteiger partial charge in [-0.2, -0.15) is 10.2 Å². The molecule has 25 heavy (non-hydrogen) atoms. The van der Waals surface area contributed by atoms with Crippen molar-refractivity contribution in [3.8, 4) is 6.07 Å². The van der Waals surface area contributed by atoms with E-state index in [0.717, 1.165) is 12.0 Å². The maximum Gasteiger partial charge on any atom is 0.224 e. The van der Waals surface area contributed by atoms with Gasteiger partial charge in [-0.1, -0.05) is 19.9 Å². The van der Waals surface area contributed by atoms with Crippen LogP contribution in [0.2, 0.25) is 0 Å². The predicted octanol–water partition coefficient (Wildman–Crippen LogP) is 1.97. The number of anilines is 2. The van der Waals surface area contributed by atoms with E-state index in [2.05, 4.69) is 31.7 Å². The number of pyridine rings is 1. The Morgan fingerprint density at radius 3 is 2.88 bits per heavy atom. The van der Waals surface area contributed by atoms with Gasteiger partial charge in [0.05, 0.1) is 12.3 Å². The minimum atomic E-state index is -0.338. The molecule has 2 heterocycles. The molecule has 1 saturated carbocycles. The van der Waals surface area contributed by atoms with Gasteiger partial charge in [-0.15, -0.1) is 0 Å². The molecule has 1 fully saturated rings. The van der Waals surface area contributed by atoms with Crippen molar-refractivity contribution in [1.29, 1.82) is 5.26 Å². The summed E-state index contributed by atoms with van der Waals surface area (Å²) in [7, 11) is 0. The lowest BCUT2D eigenvalue weighted by molar-refractivity contribution is -0.0511. The quantitative estimate of drug-likeness (QED) is 0.739. The maximum atomic E-state index is 9.87. The van der Waals surface area contributed by atoms with Gasteiger partial charge >= 0.3 is 0 Å². The number of hydrogen-bond donors (Lipinski definition) is 3. The zero-order valence-electron chi connectivity index (χ0n) is 14.4. The average Bonchev–Trinajstić information content (AvgIpc) is 2.62. The molecular formula is C18H22N6O. The minimum Gasteiger partial charge on any atom is -0.392 e. The van der Waals surface area contributed by atoms with Crippen molar-refractivity contribution in [3.05, 3.63) is 41.9 Å². The molecule has 0 spiro atoms. The van der Waals surface area contributed by atoms with E-state index in [9.17, 15) is 10.4 Å². The zero-order valence-corrected chi connectivity index (χ0v) is 14.4. The first-order valence-corrected chi connectivity index (χ1v) is 8.35. The number of rotatable bonds is 6. The van der Waals surface area contributed by atoms with Crippen LogP contribution in [0.25, 0.3) is 0 Å². The van der Waals surface area contributed by atoms with Crippen molar-refractivity contribution in [2.24, 2.45) is 5.41 Å². The summed E-state index contributed by atoms with van der Waals surface area (Å²) in [6, 6.07) is 6.11. The van der Waals surface area contributed by atoms with Crippen LogP contribution in [-0.4, -0.2) is 38.7 Å². The van der Waals surface area contributed by atoms with E-state index in [1.807, 2.05) is 32.2 Å². The van der Waals surface area contributed by atoms with Gasteiger partial charge < -0.3 is 15.7 Å². The van der Waals surface area contributed by atoms with E-state index in [0.29, 0.717) is 30.3 Å². The molecule has 1 aliphatic rings. The van der Waals surface area contributed by atoms with E-state index in [4.69, 9.17) is 0 Å². The lowest BCUT2D eigenvalue weighted by atomic mass is 9.64. The van der Waals surface area contributed by atoms with Crippen LogP contribution in [0.5, 0.6) is 0 Å². The Bertz CT molecular complexity index is 771. The Kier molecular flexibility index (Phi) is 4.81. The standard InChI is InChI=1S/C18H22N6O/c1-18(2)14(8-15(18)25)23-16-13(9-19)11-22-17(24-16)21-7-5-12-4-3-6-20-10-12/h3-4,6,10-11,14-15,25H,5,7-8H2,1-2H3,(H2,21,22,23,24)/t14-,15?/m1/s1. The summed E-state index contributed by atoms with van der Waals surface area (Å²) < 4.78 is 0. The van der Waals surface area contributed by atoms with Crippen LogP contribution in [0.15, 0.2) is 30.7 Å². The lowest BCUT2D eigenvalue weighted by Gasteiger charge is -2.49. The number of nitriles is 1. The normalized spacial score (nSPS) is 21.0. The Labute approximate surface area is 147 Å². The first-order chi connectivity index (χ1) is 12.0. The number of nitrogens with one attached hydrogen (secondary N) is 2. The van der Waals surface area contributed by atoms with Crippen LogP contribution in [0, 0.1) is 16.7 Å². The van der Waals surface area contributed by atoms with Crippen LogP contribution in [-0.2, 0) is 6.42 Å². The third-order valence-electron chi connectivity index (χ3n) is 4.86. The third kappa shape index (κ3) is 3.69. The van der Waals surface area contributed by atoms with Crippen molar-refractivity contribution in [3.63, 3.8) is 0 Å². The molecule has 1 unspecified atom stereocenters. The fourth-order valence-corrected chi connectivity index (χ4v) is 2.84. The van der Waals surface area contributed by atoms with Gasteiger partial charge in [-0.05, 0) is 24.5 Å². The second-order valence-electron chi connectivity index (χ2n) is 6.88. The Morgan fingerprint density at radius 2 is 2.24 bits per heavy atom. The molecule has 0 radical (unpaired) electrons. The van der Waals surface area contributed by atoms with Gasteiger partial charge in [0.15, 0.2) is 0 Å². The molecule has 130 valence electrons. The molecular weight excluding hydrogens is 316 g/mol. The van der Waals surface area contributed by atoms with Crippen LogP contribution < -0.4 is 10.6 Å². The van der Waals surface area contributed by atoms with Gasteiger partial charge in [-0.3, -0.25) is 4.98 Å². The zero-order chi connectivity index (χ0) is 17.9. The van der Waals surface area contributed by atoms with E-state index in [-0.39, 0.29) is 17.6 Å². The average molecular weight is 338 g/mol. The molecule has 0 bridgehead atoms. The summed E-state index contributed by atoms with van der Waals surface area (Å²) in [4.78, 5) is 12.7. The smallest absolute Gasteiger partial charge is 0.224 e. The molecule has 3 N–H and O–H groups in total. The molecule has 1 aliphatic carbocycles. The van der Waals surface area contributed by atoms with Crippen LogP contribution >= 0.6 is 0 Å². The highest BCUT2D eigenvalue weighted by Crippen LogP contribution is 2.42. The van der Waals surface area contributed by atoms with Crippen molar-refractivity contribution in [2.75, 3.05) is 17.2 Å². The van der Waals surface area contributed by atoms with Crippen molar-refractivity contribution in [1.82, 2.24) is 15.0 Å².